The second kappa shape index (κ2) is 6.55. The van der Waals surface area contributed by atoms with Crippen molar-refractivity contribution in [2.24, 2.45) is 0 Å². The average molecular weight is 247 g/mol. The zero-order valence-electron chi connectivity index (χ0n) is 10.9. The molecule has 2 unspecified atom stereocenters. The highest BCUT2D eigenvalue weighted by molar-refractivity contribution is 5.73. The molecule has 3 nitrogen and oxygen atoms in total. The molecular weight excluding hydrogens is 226 g/mol. The Bertz CT molecular complexity index is 377. The van der Waals surface area contributed by atoms with Crippen molar-refractivity contribution in [1.82, 2.24) is 5.32 Å². The molecule has 0 saturated carbocycles. The van der Waals surface area contributed by atoms with E-state index < -0.39 is 0 Å². The largest absolute Gasteiger partial charge is 0.378 e. The Morgan fingerprint density at radius 2 is 2.17 bits per heavy atom. The summed E-state index contributed by atoms with van der Waals surface area (Å²) in [5.74, 6) is 0.0590. The Morgan fingerprint density at radius 1 is 1.39 bits per heavy atom. The minimum Gasteiger partial charge on any atom is -0.378 e. The number of hydrogen-bond acceptors (Lipinski definition) is 2. The first-order chi connectivity index (χ1) is 8.74. The fourth-order valence-electron chi connectivity index (χ4n) is 2.47. The molecule has 0 radical (unpaired) electrons. The Balaban J connectivity index is 1.77. The molecule has 1 N–H and O–H groups in total. The molecule has 98 valence electrons. The van der Waals surface area contributed by atoms with Crippen molar-refractivity contribution < 1.29 is 9.53 Å². The molecule has 1 aliphatic rings. The normalized spacial score (nSPS) is 23.6. The fourth-order valence-corrected chi connectivity index (χ4v) is 2.47. The standard InChI is InChI=1S/C15H21NO2/c1-12(17)16-14-9-10-18-15(11-14)8-7-13-5-3-2-4-6-13/h2-6,14-15H,7-11H2,1H3,(H,16,17). The van der Waals surface area contributed by atoms with Crippen molar-refractivity contribution in [3.05, 3.63) is 35.9 Å². The highest BCUT2D eigenvalue weighted by Crippen LogP contribution is 2.18. The van der Waals surface area contributed by atoms with E-state index in [1.54, 1.807) is 6.92 Å². The van der Waals surface area contributed by atoms with Crippen LogP contribution in [0.15, 0.2) is 30.3 Å². The molecule has 0 aliphatic carbocycles. The second-order valence-electron chi connectivity index (χ2n) is 4.94. The number of benzene rings is 1. The van der Waals surface area contributed by atoms with Crippen molar-refractivity contribution in [3.8, 4) is 0 Å². The van der Waals surface area contributed by atoms with Crippen molar-refractivity contribution in [1.29, 1.82) is 0 Å². The number of aryl methyl sites for hydroxylation is 1. The van der Waals surface area contributed by atoms with Gasteiger partial charge in [0.2, 0.25) is 5.91 Å². The van der Waals surface area contributed by atoms with E-state index in [1.807, 2.05) is 6.07 Å². The zero-order valence-corrected chi connectivity index (χ0v) is 10.9. The molecule has 1 aliphatic heterocycles. The molecule has 2 rings (SSSR count). The molecule has 2 atom stereocenters. The van der Waals surface area contributed by atoms with E-state index in [0.29, 0.717) is 0 Å². The molecule has 0 aromatic heterocycles. The van der Waals surface area contributed by atoms with Crippen LogP contribution in [0.4, 0.5) is 0 Å². The van der Waals surface area contributed by atoms with E-state index in [2.05, 4.69) is 29.6 Å². The molecule has 1 saturated heterocycles. The molecule has 1 amide bonds. The number of hydrogen-bond donors (Lipinski definition) is 1. The molecular formula is C15H21NO2. The van der Waals surface area contributed by atoms with Crippen molar-refractivity contribution >= 4 is 5.91 Å². The summed E-state index contributed by atoms with van der Waals surface area (Å²) < 4.78 is 5.76. The maximum Gasteiger partial charge on any atom is 0.217 e. The van der Waals surface area contributed by atoms with E-state index in [-0.39, 0.29) is 18.1 Å². The van der Waals surface area contributed by atoms with Gasteiger partial charge in [-0.1, -0.05) is 30.3 Å². The Kier molecular flexibility index (Phi) is 4.76. The third-order valence-corrected chi connectivity index (χ3v) is 3.37. The predicted molar refractivity (Wildman–Crippen MR) is 71.3 cm³/mol. The summed E-state index contributed by atoms with van der Waals surface area (Å²) in [6.07, 6.45) is 4.21. The summed E-state index contributed by atoms with van der Waals surface area (Å²) in [6.45, 7) is 2.33. The van der Waals surface area contributed by atoms with Crippen LogP contribution in [0.3, 0.4) is 0 Å². The van der Waals surface area contributed by atoms with E-state index >= 15 is 0 Å². The lowest BCUT2D eigenvalue weighted by atomic mass is 9.98. The van der Waals surface area contributed by atoms with Crippen LogP contribution in [0.25, 0.3) is 0 Å². The zero-order chi connectivity index (χ0) is 12.8. The lowest BCUT2D eigenvalue weighted by Gasteiger charge is -2.30. The maximum absolute atomic E-state index is 11.0. The van der Waals surface area contributed by atoms with Gasteiger partial charge in [-0.15, -0.1) is 0 Å². The van der Waals surface area contributed by atoms with E-state index in [0.717, 1.165) is 32.3 Å². The Labute approximate surface area is 109 Å². The summed E-state index contributed by atoms with van der Waals surface area (Å²) in [4.78, 5) is 11.0. The summed E-state index contributed by atoms with van der Waals surface area (Å²) in [7, 11) is 0. The van der Waals surface area contributed by atoms with E-state index in [9.17, 15) is 4.79 Å². The third kappa shape index (κ3) is 4.15. The van der Waals surface area contributed by atoms with Crippen LogP contribution in [0.2, 0.25) is 0 Å². The smallest absolute Gasteiger partial charge is 0.217 e. The van der Waals surface area contributed by atoms with Gasteiger partial charge in [0.15, 0.2) is 0 Å². The minimum absolute atomic E-state index is 0.0590. The van der Waals surface area contributed by atoms with Crippen LogP contribution >= 0.6 is 0 Å². The van der Waals surface area contributed by atoms with Crippen molar-refractivity contribution in [3.63, 3.8) is 0 Å². The van der Waals surface area contributed by atoms with Crippen LogP contribution in [0.1, 0.15) is 31.7 Å². The summed E-state index contributed by atoms with van der Waals surface area (Å²) >= 11 is 0. The lowest BCUT2D eigenvalue weighted by molar-refractivity contribution is -0.120. The Hall–Kier alpha value is -1.35. The number of amides is 1. The van der Waals surface area contributed by atoms with Crippen LogP contribution in [0.5, 0.6) is 0 Å². The molecule has 18 heavy (non-hydrogen) atoms. The first-order valence-electron chi connectivity index (χ1n) is 6.66. The van der Waals surface area contributed by atoms with Gasteiger partial charge in [-0.25, -0.2) is 0 Å². The maximum atomic E-state index is 11.0. The second-order valence-corrected chi connectivity index (χ2v) is 4.94. The topological polar surface area (TPSA) is 38.3 Å². The van der Waals surface area contributed by atoms with Gasteiger partial charge in [0.1, 0.15) is 0 Å². The van der Waals surface area contributed by atoms with Gasteiger partial charge in [-0.2, -0.15) is 0 Å². The molecule has 1 heterocycles. The first-order valence-corrected chi connectivity index (χ1v) is 6.66. The Morgan fingerprint density at radius 3 is 2.89 bits per heavy atom. The monoisotopic (exact) mass is 247 g/mol. The van der Waals surface area contributed by atoms with Crippen LogP contribution in [-0.2, 0) is 16.0 Å². The van der Waals surface area contributed by atoms with Gasteiger partial charge in [-0.3, -0.25) is 4.79 Å². The first kappa shape index (κ1) is 13.1. The highest BCUT2D eigenvalue weighted by atomic mass is 16.5. The van der Waals surface area contributed by atoms with Gasteiger partial charge in [0, 0.05) is 19.6 Å². The van der Waals surface area contributed by atoms with Gasteiger partial charge in [0.05, 0.1) is 6.10 Å². The van der Waals surface area contributed by atoms with Gasteiger partial charge >= 0.3 is 0 Å². The summed E-state index contributed by atoms with van der Waals surface area (Å²) in [6, 6.07) is 10.8. The average Bonchev–Trinajstić information content (AvgIpc) is 2.37. The number of ether oxygens (including phenoxy) is 1. The lowest BCUT2D eigenvalue weighted by Crippen LogP contribution is -2.41. The van der Waals surface area contributed by atoms with Gasteiger partial charge < -0.3 is 10.1 Å². The number of nitrogens with one attached hydrogen (secondary N) is 1. The number of carbonyl (C=O) groups is 1. The van der Waals surface area contributed by atoms with Crippen LogP contribution < -0.4 is 5.32 Å². The molecule has 3 heteroatoms. The van der Waals surface area contributed by atoms with E-state index in [1.165, 1.54) is 5.56 Å². The third-order valence-electron chi connectivity index (χ3n) is 3.37. The molecule has 1 aromatic carbocycles. The molecule has 0 bridgehead atoms. The van der Waals surface area contributed by atoms with Crippen molar-refractivity contribution in [2.45, 2.75) is 44.8 Å². The highest BCUT2D eigenvalue weighted by Gasteiger charge is 2.22. The predicted octanol–water partition coefficient (Wildman–Crippen LogP) is 2.30. The van der Waals surface area contributed by atoms with Crippen LogP contribution in [-0.4, -0.2) is 24.7 Å². The van der Waals surface area contributed by atoms with E-state index in [4.69, 9.17) is 4.74 Å². The van der Waals surface area contributed by atoms with Crippen LogP contribution in [0, 0.1) is 0 Å². The molecule has 1 fully saturated rings. The van der Waals surface area contributed by atoms with Gasteiger partial charge in [-0.05, 0) is 31.2 Å². The number of carbonyl (C=O) groups excluding carboxylic acids is 1. The molecule has 0 spiro atoms. The van der Waals surface area contributed by atoms with Gasteiger partial charge in [0.25, 0.3) is 0 Å². The number of rotatable bonds is 4. The quantitative estimate of drug-likeness (QED) is 0.886. The minimum atomic E-state index is 0.0590. The van der Waals surface area contributed by atoms with Crippen molar-refractivity contribution in [2.75, 3.05) is 6.61 Å². The molecule has 1 aromatic rings. The fraction of sp³-hybridized carbons (Fsp3) is 0.533. The SMILES string of the molecule is CC(=O)NC1CCOC(CCc2ccccc2)C1. The summed E-state index contributed by atoms with van der Waals surface area (Å²) in [5, 5.41) is 2.99. The summed E-state index contributed by atoms with van der Waals surface area (Å²) in [5.41, 5.74) is 1.35.